The summed E-state index contributed by atoms with van der Waals surface area (Å²) >= 11 is 7.17. The Bertz CT molecular complexity index is 149. The summed E-state index contributed by atoms with van der Waals surface area (Å²) in [5.41, 5.74) is -1.52. The van der Waals surface area contributed by atoms with Gasteiger partial charge in [-0.05, 0) is 20.0 Å². The highest BCUT2D eigenvalue weighted by Crippen LogP contribution is 2.58. The molecule has 0 rings (SSSR count). The van der Waals surface area contributed by atoms with E-state index in [2.05, 4.69) is 20.5 Å². The van der Waals surface area contributed by atoms with Gasteiger partial charge in [-0.1, -0.05) is 37.0 Å². The van der Waals surface area contributed by atoms with Gasteiger partial charge in [0, 0.05) is 11.9 Å². The lowest BCUT2D eigenvalue weighted by molar-refractivity contribution is 0.387. The maximum absolute atomic E-state index is 5.49. The van der Waals surface area contributed by atoms with Crippen molar-refractivity contribution in [2.75, 3.05) is 13.3 Å². The van der Waals surface area contributed by atoms with Crippen LogP contribution >= 0.6 is 16.8 Å². The van der Waals surface area contributed by atoms with Crippen molar-refractivity contribution in [1.82, 2.24) is 0 Å². The average Bonchev–Trinajstić information content (AvgIpc) is 1.86. The van der Waals surface area contributed by atoms with E-state index in [9.17, 15) is 0 Å². The molecule has 68 valence electrons. The van der Waals surface area contributed by atoms with Gasteiger partial charge in [-0.2, -0.15) is 0 Å². The van der Waals surface area contributed by atoms with Crippen molar-refractivity contribution in [3.8, 4) is 0 Å². The summed E-state index contributed by atoms with van der Waals surface area (Å²) < 4.78 is 5.49. The Morgan fingerprint density at radius 3 is 2.45 bits per heavy atom. The Labute approximate surface area is 79.1 Å². The molecule has 0 saturated heterocycles. The van der Waals surface area contributed by atoms with Crippen LogP contribution in [0.5, 0.6) is 0 Å². The van der Waals surface area contributed by atoms with Gasteiger partial charge in [-0.15, -0.1) is 0 Å². The molecule has 0 aromatic carbocycles. The third-order valence-corrected chi connectivity index (χ3v) is 6.75. The van der Waals surface area contributed by atoms with Gasteiger partial charge in [0.2, 0.25) is 0 Å². The van der Waals surface area contributed by atoms with Crippen LogP contribution in [-0.4, -0.2) is 18.5 Å². The Kier molecular flexibility index (Phi) is 6.07. The number of hydrogen-bond donors (Lipinski definition) is 0. The molecule has 2 atom stereocenters. The fourth-order valence-corrected chi connectivity index (χ4v) is 6.54. The third kappa shape index (κ3) is 6.15. The van der Waals surface area contributed by atoms with Crippen LogP contribution in [0.2, 0.25) is 0 Å². The molecule has 0 aromatic rings. The summed E-state index contributed by atoms with van der Waals surface area (Å²) in [7, 11) is 0. The van der Waals surface area contributed by atoms with E-state index in [1.165, 1.54) is 6.42 Å². The van der Waals surface area contributed by atoms with E-state index in [1.807, 2.05) is 18.3 Å². The third-order valence-electron chi connectivity index (χ3n) is 1.31. The normalized spacial score (nSPS) is 19.3. The van der Waals surface area contributed by atoms with Crippen LogP contribution in [0.15, 0.2) is 0 Å². The maximum atomic E-state index is 5.49. The first-order chi connectivity index (χ1) is 5.02. The van der Waals surface area contributed by atoms with Gasteiger partial charge in [0.1, 0.15) is 5.47 Å². The first kappa shape index (κ1) is 12.0. The molecule has 0 N–H and O–H groups in total. The van der Waals surface area contributed by atoms with E-state index in [4.69, 9.17) is 16.3 Å². The molecule has 0 saturated carbocycles. The maximum Gasteiger partial charge on any atom is 0.116 e. The molecule has 0 amide bonds. The van der Waals surface area contributed by atoms with Gasteiger partial charge in [0.05, 0.1) is 0 Å². The van der Waals surface area contributed by atoms with Crippen LogP contribution in [0, 0.1) is 0 Å². The van der Waals surface area contributed by atoms with Crippen molar-refractivity contribution < 1.29 is 4.52 Å². The average molecular weight is 212 g/mol. The molecular weight excluding hydrogens is 195 g/mol. The second-order valence-electron chi connectivity index (χ2n) is 2.51. The van der Waals surface area contributed by atoms with Crippen LogP contribution in [0.3, 0.4) is 0 Å². The van der Waals surface area contributed by atoms with E-state index in [0.29, 0.717) is 5.25 Å². The lowest BCUT2D eigenvalue weighted by Gasteiger charge is -2.19. The molecule has 0 bridgehead atoms. The largest absolute Gasteiger partial charge is 0.342 e. The molecule has 0 aromatic heterocycles. The van der Waals surface area contributed by atoms with Crippen LogP contribution < -0.4 is 0 Å². The van der Waals surface area contributed by atoms with E-state index >= 15 is 0 Å². The lowest BCUT2D eigenvalue weighted by atomic mass is 10.4. The SMILES string of the molecule is CCOP(C)(=S)SC(C)CC. The first-order valence-corrected chi connectivity index (χ1v) is 8.57. The molecule has 1 nitrogen and oxygen atoms in total. The summed E-state index contributed by atoms with van der Waals surface area (Å²) in [6, 6.07) is 0. The molecule has 2 unspecified atom stereocenters. The van der Waals surface area contributed by atoms with Gasteiger partial charge in [-0.25, -0.2) is 0 Å². The van der Waals surface area contributed by atoms with Crippen LogP contribution in [0.25, 0.3) is 0 Å². The second-order valence-corrected chi connectivity index (χ2v) is 10.8. The van der Waals surface area contributed by atoms with Gasteiger partial charge in [0.15, 0.2) is 0 Å². The smallest absolute Gasteiger partial charge is 0.116 e. The van der Waals surface area contributed by atoms with Crippen molar-refractivity contribution in [2.45, 2.75) is 32.4 Å². The molecule has 0 aliphatic rings. The molecule has 0 aliphatic heterocycles. The molecule has 4 heteroatoms. The standard InChI is InChI=1S/C7H17OPS2/c1-5-7(3)11-9(4,10)8-6-2/h7H,5-6H2,1-4H3. The van der Waals surface area contributed by atoms with Crippen LogP contribution in [-0.2, 0) is 16.3 Å². The topological polar surface area (TPSA) is 9.23 Å². The summed E-state index contributed by atoms with van der Waals surface area (Å²) in [5, 5.41) is 0.636. The van der Waals surface area contributed by atoms with E-state index in [1.54, 1.807) is 0 Å². The fourth-order valence-electron chi connectivity index (χ4n) is 0.666. The molecule has 0 radical (unpaired) electrons. The Hall–Kier alpha value is 0.960. The van der Waals surface area contributed by atoms with Crippen LogP contribution in [0.1, 0.15) is 27.2 Å². The molecule has 0 heterocycles. The Balaban J connectivity index is 3.81. The Morgan fingerprint density at radius 2 is 2.09 bits per heavy atom. The molecule has 0 spiro atoms. The molecule has 0 aliphatic carbocycles. The van der Waals surface area contributed by atoms with Gasteiger partial charge >= 0.3 is 0 Å². The van der Waals surface area contributed by atoms with Gasteiger partial charge < -0.3 is 4.52 Å². The zero-order chi connectivity index (χ0) is 8.91. The highest BCUT2D eigenvalue weighted by Gasteiger charge is 2.13. The summed E-state index contributed by atoms with van der Waals surface area (Å²) in [4.78, 5) is 0. The molecule has 11 heavy (non-hydrogen) atoms. The quantitative estimate of drug-likeness (QED) is 0.646. The molecular formula is C7H17OPS2. The predicted molar refractivity (Wildman–Crippen MR) is 59.2 cm³/mol. The minimum absolute atomic E-state index is 0.636. The van der Waals surface area contributed by atoms with Crippen LogP contribution in [0.4, 0.5) is 0 Å². The minimum atomic E-state index is -1.52. The lowest BCUT2D eigenvalue weighted by Crippen LogP contribution is -1.93. The van der Waals surface area contributed by atoms with Crippen molar-refractivity contribution in [3.05, 3.63) is 0 Å². The zero-order valence-electron chi connectivity index (χ0n) is 7.66. The highest BCUT2D eigenvalue weighted by molar-refractivity contribution is 8.69. The number of rotatable bonds is 5. The number of hydrogen-bond acceptors (Lipinski definition) is 3. The van der Waals surface area contributed by atoms with E-state index in [-0.39, 0.29) is 0 Å². The Morgan fingerprint density at radius 1 is 1.55 bits per heavy atom. The fraction of sp³-hybridized carbons (Fsp3) is 1.00. The van der Waals surface area contributed by atoms with E-state index in [0.717, 1.165) is 6.61 Å². The second kappa shape index (κ2) is 5.58. The summed E-state index contributed by atoms with van der Waals surface area (Å²) in [6.07, 6.45) is 1.17. The molecule has 0 fully saturated rings. The van der Waals surface area contributed by atoms with E-state index < -0.39 is 5.47 Å². The van der Waals surface area contributed by atoms with Crippen molar-refractivity contribution >= 4 is 28.7 Å². The first-order valence-electron chi connectivity index (χ1n) is 3.92. The van der Waals surface area contributed by atoms with Crippen molar-refractivity contribution in [1.29, 1.82) is 0 Å². The zero-order valence-corrected chi connectivity index (χ0v) is 10.2. The summed E-state index contributed by atoms with van der Waals surface area (Å²) in [5.74, 6) is 0. The van der Waals surface area contributed by atoms with Gasteiger partial charge in [0.25, 0.3) is 0 Å². The predicted octanol–water partition coefficient (Wildman–Crippen LogP) is 3.49. The van der Waals surface area contributed by atoms with Crippen molar-refractivity contribution in [2.24, 2.45) is 0 Å². The minimum Gasteiger partial charge on any atom is -0.342 e. The highest BCUT2D eigenvalue weighted by atomic mass is 32.9. The van der Waals surface area contributed by atoms with Gasteiger partial charge in [-0.3, -0.25) is 0 Å². The van der Waals surface area contributed by atoms with Crippen molar-refractivity contribution in [3.63, 3.8) is 0 Å². The monoisotopic (exact) mass is 212 g/mol. The summed E-state index contributed by atoms with van der Waals surface area (Å²) in [6.45, 7) is 9.19.